The maximum absolute atomic E-state index is 12.6. The number of pyridine rings is 2. The van der Waals surface area contributed by atoms with Gasteiger partial charge in [-0.3, -0.25) is 4.79 Å². The van der Waals surface area contributed by atoms with Gasteiger partial charge in [-0.2, -0.15) is 0 Å². The Morgan fingerprint density at radius 3 is 2.76 bits per heavy atom. The molecule has 0 bridgehead atoms. The highest BCUT2D eigenvalue weighted by molar-refractivity contribution is 5.78. The standard InChI is InChI=1S/C19H21N5O/c1-15-5-7-24-14-16(21-18(24)12-15)13-19(25)23-10-8-22(9-11-23)17-4-2-3-6-20-17/h2-7,12,14H,8-11,13H2,1H3. The Bertz CT molecular complexity index is 881. The molecule has 6 heteroatoms. The summed E-state index contributed by atoms with van der Waals surface area (Å²) in [6.45, 7) is 5.12. The molecule has 128 valence electrons. The molecule has 4 heterocycles. The molecule has 1 aliphatic heterocycles. The lowest BCUT2D eigenvalue weighted by Crippen LogP contribution is -2.49. The Kier molecular flexibility index (Phi) is 4.09. The van der Waals surface area contributed by atoms with Crippen LogP contribution in [0.5, 0.6) is 0 Å². The number of carbonyl (C=O) groups excluding carboxylic acids is 1. The van der Waals surface area contributed by atoms with E-state index in [-0.39, 0.29) is 5.91 Å². The minimum Gasteiger partial charge on any atom is -0.353 e. The van der Waals surface area contributed by atoms with E-state index in [2.05, 4.69) is 14.9 Å². The SMILES string of the molecule is Cc1ccn2cc(CC(=O)N3CCN(c4ccccn4)CC3)nc2c1. The number of hydrogen-bond donors (Lipinski definition) is 0. The summed E-state index contributed by atoms with van der Waals surface area (Å²) in [5.74, 6) is 1.12. The first-order valence-electron chi connectivity index (χ1n) is 8.57. The van der Waals surface area contributed by atoms with Gasteiger partial charge in [0.05, 0.1) is 12.1 Å². The number of carbonyl (C=O) groups is 1. The van der Waals surface area contributed by atoms with Crippen molar-refractivity contribution in [1.82, 2.24) is 19.3 Å². The van der Waals surface area contributed by atoms with Gasteiger partial charge in [0, 0.05) is 44.8 Å². The number of fused-ring (bicyclic) bond motifs is 1. The van der Waals surface area contributed by atoms with Gasteiger partial charge in [-0.15, -0.1) is 0 Å². The first kappa shape index (κ1) is 15.6. The van der Waals surface area contributed by atoms with Gasteiger partial charge in [0.25, 0.3) is 0 Å². The van der Waals surface area contributed by atoms with Crippen LogP contribution in [-0.2, 0) is 11.2 Å². The highest BCUT2D eigenvalue weighted by atomic mass is 16.2. The molecule has 1 saturated heterocycles. The smallest absolute Gasteiger partial charge is 0.228 e. The van der Waals surface area contributed by atoms with Crippen molar-refractivity contribution in [1.29, 1.82) is 0 Å². The number of aryl methyl sites for hydroxylation is 1. The van der Waals surface area contributed by atoms with Crippen LogP contribution in [0.1, 0.15) is 11.3 Å². The molecule has 25 heavy (non-hydrogen) atoms. The second-order valence-electron chi connectivity index (χ2n) is 6.43. The summed E-state index contributed by atoms with van der Waals surface area (Å²) >= 11 is 0. The Morgan fingerprint density at radius 1 is 1.16 bits per heavy atom. The Hall–Kier alpha value is -2.89. The largest absolute Gasteiger partial charge is 0.353 e. The van der Waals surface area contributed by atoms with Crippen molar-refractivity contribution in [2.45, 2.75) is 13.3 Å². The lowest BCUT2D eigenvalue weighted by molar-refractivity contribution is -0.130. The number of rotatable bonds is 3. The highest BCUT2D eigenvalue weighted by Gasteiger charge is 2.22. The molecule has 6 nitrogen and oxygen atoms in total. The van der Waals surface area contributed by atoms with Gasteiger partial charge in [0.15, 0.2) is 0 Å². The number of amides is 1. The van der Waals surface area contributed by atoms with Crippen LogP contribution in [-0.4, -0.2) is 51.4 Å². The quantitative estimate of drug-likeness (QED) is 0.734. The molecule has 0 spiro atoms. The zero-order valence-corrected chi connectivity index (χ0v) is 14.3. The van der Waals surface area contributed by atoms with E-state index in [0.29, 0.717) is 6.42 Å². The summed E-state index contributed by atoms with van der Waals surface area (Å²) in [5.41, 5.74) is 2.88. The molecule has 1 fully saturated rings. The van der Waals surface area contributed by atoms with Gasteiger partial charge in [0.1, 0.15) is 11.5 Å². The molecule has 3 aromatic heterocycles. The van der Waals surface area contributed by atoms with Crippen LogP contribution >= 0.6 is 0 Å². The fraction of sp³-hybridized carbons (Fsp3) is 0.316. The van der Waals surface area contributed by atoms with E-state index in [9.17, 15) is 4.79 Å². The number of aromatic nitrogens is 3. The fourth-order valence-electron chi connectivity index (χ4n) is 3.21. The minimum atomic E-state index is 0.140. The maximum Gasteiger partial charge on any atom is 0.228 e. The molecule has 0 atom stereocenters. The van der Waals surface area contributed by atoms with Crippen LogP contribution < -0.4 is 4.90 Å². The lowest BCUT2D eigenvalue weighted by atomic mass is 10.2. The van der Waals surface area contributed by atoms with Crippen molar-refractivity contribution < 1.29 is 4.79 Å². The first-order valence-corrected chi connectivity index (χ1v) is 8.57. The number of imidazole rings is 1. The van der Waals surface area contributed by atoms with Crippen LogP contribution in [0.15, 0.2) is 48.9 Å². The van der Waals surface area contributed by atoms with Crippen molar-refractivity contribution in [3.05, 3.63) is 60.2 Å². The summed E-state index contributed by atoms with van der Waals surface area (Å²) in [6.07, 6.45) is 6.08. The third-order valence-corrected chi connectivity index (χ3v) is 4.60. The summed E-state index contributed by atoms with van der Waals surface area (Å²) in [6, 6.07) is 9.98. The molecule has 1 amide bonds. The second kappa shape index (κ2) is 6.55. The summed E-state index contributed by atoms with van der Waals surface area (Å²) < 4.78 is 1.97. The third kappa shape index (κ3) is 3.33. The molecule has 0 saturated carbocycles. The molecule has 0 aliphatic carbocycles. The van der Waals surface area contributed by atoms with Gasteiger partial charge in [0.2, 0.25) is 5.91 Å². The molecule has 3 aromatic rings. The van der Waals surface area contributed by atoms with E-state index < -0.39 is 0 Å². The predicted molar refractivity (Wildman–Crippen MR) is 96.7 cm³/mol. The van der Waals surface area contributed by atoms with Crippen molar-refractivity contribution >= 4 is 17.4 Å². The van der Waals surface area contributed by atoms with E-state index in [0.717, 1.165) is 43.3 Å². The minimum absolute atomic E-state index is 0.140. The first-order chi connectivity index (χ1) is 12.2. The van der Waals surface area contributed by atoms with Crippen LogP contribution in [0.2, 0.25) is 0 Å². The fourth-order valence-corrected chi connectivity index (χ4v) is 3.21. The Morgan fingerprint density at radius 2 is 2.00 bits per heavy atom. The van der Waals surface area contributed by atoms with Crippen molar-refractivity contribution in [2.24, 2.45) is 0 Å². The van der Waals surface area contributed by atoms with Gasteiger partial charge in [-0.05, 0) is 36.8 Å². The van der Waals surface area contributed by atoms with Crippen molar-refractivity contribution in [3.8, 4) is 0 Å². The van der Waals surface area contributed by atoms with Crippen LogP contribution in [0.3, 0.4) is 0 Å². The molecule has 0 N–H and O–H groups in total. The zero-order chi connectivity index (χ0) is 17.2. The van der Waals surface area contributed by atoms with Gasteiger partial charge >= 0.3 is 0 Å². The summed E-state index contributed by atoms with van der Waals surface area (Å²) in [4.78, 5) is 25.7. The Labute approximate surface area is 146 Å². The molecular weight excluding hydrogens is 314 g/mol. The van der Waals surface area contributed by atoms with Crippen molar-refractivity contribution in [2.75, 3.05) is 31.1 Å². The van der Waals surface area contributed by atoms with Gasteiger partial charge in [-0.1, -0.05) is 6.07 Å². The average Bonchev–Trinajstić information content (AvgIpc) is 3.04. The summed E-state index contributed by atoms with van der Waals surface area (Å²) in [5, 5.41) is 0. The topological polar surface area (TPSA) is 53.7 Å². The van der Waals surface area contributed by atoms with Crippen LogP contribution in [0.4, 0.5) is 5.82 Å². The number of hydrogen-bond acceptors (Lipinski definition) is 4. The Balaban J connectivity index is 1.38. The predicted octanol–water partition coefficient (Wildman–Crippen LogP) is 1.93. The van der Waals surface area contributed by atoms with E-state index >= 15 is 0 Å². The molecular formula is C19H21N5O. The van der Waals surface area contributed by atoms with Crippen molar-refractivity contribution in [3.63, 3.8) is 0 Å². The monoisotopic (exact) mass is 335 g/mol. The average molecular weight is 335 g/mol. The van der Waals surface area contributed by atoms with Crippen LogP contribution in [0, 0.1) is 6.92 Å². The normalized spacial score (nSPS) is 14.9. The van der Waals surface area contributed by atoms with E-state index in [1.807, 2.05) is 58.9 Å². The molecule has 0 unspecified atom stereocenters. The van der Waals surface area contributed by atoms with Gasteiger partial charge in [-0.25, -0.2) is 9.97 Å². The molecule has 4 rings (SSSR count). The molecule has 1 aliphatic rings. The maximum atomic E-state index is 12.6. The van der Waals surface area contributed by atoms with E-state index in [1.165, 1.54) is 5.56 Å². The summed E-state index contributed by atoms with van der Waals surface area (Å²) in [7, 11) is 0. The zero-order valence-electron chi connectivity index (χ0n) is 14.3. The van der Waals surface area contributed by atoms with E-state index in [1.54, 1.807) is 6.20 Å². The molecule has 0 aromatic carbocycles. The van der Waals surface area contributed by atoms with Crippen LogP contribution in [0.25, 0.3) is 5.65 Å². The van der Waals surface area contributed by atoms with E-state index in [4.69, 9.17) is 0 Å². The number of piperazine rings is 1. The molecule has 0 radical (unpaired) electrons. The van der Waals surface area contributed by atoms with Gasteiger partial charge < -0.3 is 14.2 Å². The highest BCUT2D eigenvalue weighted by Crippen LogP contribution is 2.14. The second-order valence-corrected chi connectivity index (χ2v) is 6.43. The number of nitrogens with zero attached hydrogens (tertiary/aromatic N) is 5. The number of anilines is 1. The third-order valence-electron chi connectivity index (χ3n) is 4.60. The lowest BCUT2D eigenvalue weighted by Gasteiger charge is -2.35.